The van der Waals surface area contributed by atoms with Crippen LogP contribution in [0, 0.1) is 13.8 Å². The average Bonchev–Trinajstić information content (AvgIpc) is 2.69. The van der Waals surface area contributed by atoms with Crippen LogP contribution >= 0.6 is 0 Å². The van der Waals surface area contributed by atoms with Crippen molar-refractivity contribution in [3.8, 4) is 0 Å². The van der Waals surface area contributed by atoms with Crippen molar-refractivity contribution in [3.05, 3.63) is 107 Å². The number of rotatable bonds is 6. The van der Waals surface area contributed by atoms with E-state index in [4.69, 9.17) is 0 Å². The summed E-state index contributed by atoms with van der Waals surface area (Å²) in [6.07, 6.45) is 0.434. The van der Waals surface area contributed by atoms with Gasteiger partial charge < -0.3 is 5.32 Å². The van der Waals surface area contributed by atoms with Gasteiger partial charge in [-0.15, -0.1) is 0 Å². The molecule has 3 rings (SSSR count). The predicted molar refractivity (Wildman–Crippen MR) is 112 cm³/mol. The van der Waals surface area contributed by atoms with E-state index in [2.05, 4.69) is 61.6 Å². The van der Waals surface area contributed by atoms with Crippen molar-refractivity contribution >= 4 is 5.91 Å². The van der Waals surface area contributed by atoms with Crippen LogP contribution < -0.4 is 5.32 Å². The highest BCUT2D eigenvalue weighted by Gasteiger charge is 2.19. The molecule has 2 nitrogen and oxygen atoms in total. The molecule has 3 aromatic rings. The Balaban J connectivity index is 1.75. The predicted octanol–water partition coefficient (Wildman–Crippen LogP) is 5.70. The minimum atomic E-state index is -0.0102. The number of aryl methyl sites for hydroxylation is 2. The zero-order chi connectivity index (χ0) is 19.2. The molecule has 138 valence electrons. The van der Waals surface area contributed by atoms with Gasteiger partial charge in [0.15, 0.2) is 0 Å². The molecule has 0 radical (unpaired) electrons. The first-order valence-corrected chi connectivity index (χ1v) is 9.51. The molecule has 3 aromatic carbocycles. The maximum Gasteiger partial charge on any atom is 0.221 e. The maximum absolute atomic E-state index is 12.8. The Morgan fingerprint density at radius 1 is 0.778 bits per heavy atom. The van der Waals surface area contributed by atoms with Crippen LogP contribution in [0.3, 0.4) is 0 Å². The lowest BCUT2D eigenvalue weighted by Gasteiger charge is -2.20. The highest BCUT2D eigenvalue weighted by Crippen LogP contribution is 2.28. The zero-order valence-corrected chi connectivity index (χ0v) is 16.3. The van der Waals surface area contributed by atoms with Crippen LogP contribution in [0.1, 0.15) is 53.1 Å². The fraction of sp³-hybridized carbons (Fsp3) is 0.240. The minimum absolute atomic E-state index is 0.0102. The number of hydrogen-bond acceptors (Lipinski definition) is 1. The van der Waals surface area contributed by atoms with E-state index < -0.39 is 0 Å². The Bertz CT molecular complexity index is 847. The molecule has 0 saturated carbocycles. The Kier molecular flexibility index (Phi) is 6.08. The van der Waals surface area contributed by atoms with Crippen LogP contribution in [-0.2, 0) is 4.79 Å². The third-order valence-corrected chi connectivity index (χ3v) is 5.20. The van der Waals surface area contributed by atoms with E-state index in [9.17, 15) is 4.79 Å². The Morgan fingerprint density at radius 3 is 1.85 bits per heavy atom. The number of amides is 1. The minimum Gasteiger partial charge on any atom is -0.350 e. The van der Waals surface area contributed by atoms with Crippen molar-refractivity contribution in [2.45, 2.75) is 39.2 Å². The smallest absolute Gasteiger partial charge is 0.221 e. The number of nitrogens with one attached hydrogen (secondary N) is 1. The van der Waals surface area contributed by atoms with Crippen molar-refractivity contribution < 1.29 is 4.79 Å². The normalized spacial score (nSPS) is 12.0. The molecule has 27 heavy (non-hydrogen) atoms. The van der Waals surface area contributed by atoms with E-state index in [1.54, 1.807) is 0 Å². The zero-order valence-electron chi connectivity index (χ0n) is 16.3. The summed E-state index contributed by atoms with van der Waals surface area (Å²) in [5, 5.41) is 3.17. The van der Waals surface area contributed by atoms with Crippen LogP contribution in [0.4, 0.5) is 0 Å². The van der Waals surface area contributed by atoms with E-state index in [0.29, 0.717) is 6.42 Å². The quantitative estimate of drug-likeness (QED) is 0.602. The summed E-state index contributed by atoms with van der Waals surface area (Å²) in [4.78, 5) is 12.8. The summed E-state index contributed by atoms with van der Waals surface area (Å²) in [5.74, 6) is 0.123. The molecule has 0 aliphatic rings. The molecular weight excluding hydrogens is 330 g/mol. The molecule has 1 unspecified atom stereocenters. The van der Waals surface area contributed by atoms with Crippen LogP contribution in [-0.4, -0.2) is 5.91 Å². The van der Waals surface area contributed by atoms with Crippen molar-refractivity contribution in [2.75, 3.05) is 0 Å². The van der Waals surface area contributed by atoms with E-state index in [1.165, 1.54) is 11.1 Å². The number of hydrogen-bond donors (Lipinski definition) is 1. The molecule has 1 amide bonds. The molecular formula is C25H27NO. The van der Waals surface area contributed by atoms with Gasteiger partial charge in [0.2, 0.25) is 5.91 Å². The Labute approximate surface area is 162 Å². The van der Waals surface area contributed by atoms with Gasteiger partial charge in [-0.1, -0.05) is 78.9 Å². The second-order valence-corrected chi connectivity index (χ2v) is 7.21. The molecule has 0 fully saturated rings. The molecule has 0 spiro atoms. The second kappa shape index (κ2) is 8.68. The Morgan fingerprint density at radius 2 is 1.33 bits per heavy atom. The van der Waals surface area contributed by atoms with Crippen LogP contribution in [0.25, 0.3) is 0 Å². The molecule has 1 N–H and O–H groups in total. The van der Waals surface area contributed by atoms with Crippen molar-refractivity contribution in [2.24, 2.45) is 0 Å². The van der Waals surface area contributed by atoms with Gasteiger partial charge in [0.25, 0.3) is 0 Å². The largest absolute Gasteiger partial charge is 0.350 e. The van der Waals surface area contributed by atoms with Crippen LogP contribution in [0.15, 0.2) is 78.9 Å². The van der Waals surface area contributed by atoms with Gasteiger partial charge in [-0.3, -0.25) is 4.79 Å². The maximum atomic E-state index is 12.8. The molecule has 0 aliphatic carbocycles. The summed E-state index contributed by atoms with van der Waals surface area (Å²) in [6.45, 7) is 6.25. The average molecular weight is 357 g/mol. The van der Waals surface area contributed by atoms with Gasteiger partial charge >= 0.3 is 0 Å². The first-order chi connectivity index (χ1) is 13.0. The molecule has 0 heterocycles. The number of carbonyl (C=O) groups is 1. The lowest BCUT2D eigenvalue weighted by Crippen LogP contribution is -2.28. The highest BCUT2D eigenvalue weighted by atomic mass is 16.1. The topological polar surface area (TPSA) is 29.1 Å². The molecule has 0 aliphatic heterocycles. The summed E-state index contributed by atoms with van der Waals surface area (Å²) in [7, 11) is 0. The van der Waals surface area contributed by atoms with Gasteiger partial charge in [0.05, 0.1) is 6.04 Å². The lowest BCUT2D eigenvalue weighted by molar-refractivity contribution is -0.121. The summed E-state index contributed by atoms with van der Waals surface area (Å²) in [5.41, 5.74) is 5.99. The lowest BCUT2D eigenvalue weighted by atomic mass is 9.88. The monoisotopic (exact) mass is 357 g/mol. The molecule has 0 aromatic heterocycles. The number of benzene rings is 3. The van der Waals surface area contributed by atoms with E-state index in [1.807, 2.05) is 43.3 Å². The fourth-order valence-corrected chi connectivity index (χ4v) is 3.40. The summed E-state index contributed by atoms with van der Waals surface area (Å²) < 4.78 is 0. The highest BCUT2D eigenvalue weighted by molar-refractivity contribution is 5.78. The number of carbonyl (C=O) groups excluding carboxylic acids is 1. The van der Waals surface area contributed by atoms with Gasteiger partial charge in [0, 0.05) is 12.3 Å². The van der Waals surface area contributed by atoms with Gasteiger partial charge in [-0.25, -0.2) is 0 Å². The standard InChI is InChI=1S/C25H27NO/c1-18-14-15-23(16-19(18)2)20(3)26-25(27)17-24(21-10-6-4-7-11-21)22-12-8-5-9-13-22/h4-16,20,24H,17H2,1-3H3,(H,26,27). The van der Waals surface area contributed by atoms with E-state index in [0.717, 1.165) is 16.7 Å². The van der Waals surface area contributed by atoms with Crippen LogP contribution in [0.5, 0.6) is 0 Å². The van der Waals surface area contributed by atoms with Gasteiger partial charge in [-0.05, 0) is 48.6 Å². The first-order valence-electron chi connectivity index (χ1n) is 9.51. The van der Waals surface area contributed by atoms with Gasteiger partial charge in [0.1, 0.15) is 0 Å². The molecule has 1 atom stereocenters. The third-order valence-electron chi connectivity index (χ3n) is 5.20. The second-order valence-electron chi connectivity index (χ2n) is 7.21. The van der Waals surface area contributed by atoms with E-state index >= 15 is 0 Å². The van der Waals surface area contributed by atoms with Crippen molar-refractivity contribution in [1.29, 1.82) is 0 Å². The first kappa shape index (κ1) is 18.9. The SMILES string of the molecule is Cc1ccc(C(C)NC(=O)CC(c2ccccc2)c2ccccc2)cc1C. The van der Waals surface area contributed by atoms with Crippen molar-refractivity contribution in [3.63, 3.8) is 0 Å². The Hall–Kier alpha value is -2.87. The summed E-state index contributed by atoms with van der Waals surface area (Å²) >= 11 is 0. The van der Waals surface area contributed by atoms with Crippen LogP contribution in [0.2, 0.25) is 0 Å². The molecule has 2 heteroatoms. The third kappa shape index (κ3) is 4.85. The fourth-order valence-electron chi connectivity index (χ4n) is 3.40. The molecule has 0 saturated heterocycles. The van der Waals surface area contributed by atoms with Gasteiger partial charge in [-0.2, -0.15) is 0 Å². The summed E-state index contributed by atoms with van der Waals surface area (Å²) in [6, 6.07) is 26.9. The van der Waals surface area contributed by atoms with E-state index in [-0.39, 0.29) is 17.9 Å². The van der Waals surface area contributed by atoms with Crippen molar-refractivity contribution in [1.82, 2.24) is 5.32 Å². The molecule has 0 bridgehead atoms.